The highest BCUT2D eigenvalue weighted by Crippen LogP contribution is 2.29. The number of amides is 2. The van der Waals surface area contributed by atoms with Crippen LogP contribution in [0.15, 0.2) is 22.6 Å². The molecule has 1 saturated carbocycles. The minimum Gasteiger partial charge on any atom is -0.436 e. The molecule has 1 aromatic heterocycles. The Morgan fingerprint density at radius 2 is 1.94 bits per heavy atom. The van der Waals surface area contributed by atoms with E-state index in [4.69, 9.17) is 13.9 Å². The van der Waals surface area contributed by atoms with Crippen LogP contribution in [0.1, 0.15) is 62.6 Å². The molecular formula is C25H32FN3O6. The third kappa shape index (κ3) is 6.36. The Morgan fingerprint density at radius 3 is 2.66 bits per heavy atom. The molecular weight excluding hydrogens is 457 g/mol. The summed E-state index contributed by atoms with van der Waals surface area (Å²) in [4.78, 5) is 44.7. The summed E-state index contributed by atoms with van der Waals surface area (Å²) < 4.78 is 29.9. The molecule has 2 heterocycles. The lowest BCUT2D eigenvalue weighted by molar-refractivity contribution is -0.145. The van der Waals surface area contributed by atoms with Crippen LogP contribution in [-0.4, -0.2) is 66.1 Å². The van der Waals surface area contributed by atoms with Crippen LogP contribution in [0.2, 0.25) is 0 Å². The maximum absolute atomic E-state index is 13.5. The van der Waals surface area contributed by atoms with Gasteiger partial charge in [-0.05, 0) is 30.9 Å². The quantitative estimate of drug-likeness (QED) is 0.561. The number of nitrogens with zero attached hydrogens (tertiary/aromatic N) is 2. The number of oxazole rings is 1. The van der Waals surface area contributed by atoms with Crippen LogP contribution in [0.25, 0.3) is 11.1 Å². The first-order valence-electron chi connectivity index (χ1n) is 12.4. The summed E-state index contributed by atoms with van der Waals surface area (Å²) in [5, 5.41) is 2.57. The average molecular weight is 490 g/mol. The minimum absolute atomic E-state index is 0.217. The summed E-state index contributed by atoms with van der Waals surface area (Å²) in [7, 11) is 0. The lowest BCUT2D eigenvalue weighted by Crippen LogP contribution is -2.49. The van der Waals surface area contributed by atoms with E-state index in [9.17, 15) is 18.8 Å². The highest BCUT2D eigenvalue weighted by atomic mass is 19.1. The second-order valence-corrected chi connectivity index (χ2v) is 9.17. The molecule has 0 radical (unpaired) electrons. The van der Waals surface area contributed by atoms with E-state index in [0.29, 0.717) is 38.6 Å². The molecule has 2 aliphatic rings. The number of rotatable bonds is 8. The number of nitrogens with one attached hydrogen (secondary N) is 1. The summed E-state index contributed by atoms with van der Waals surface area (Å²) in [6.07, 6.45) is 4.37. The van der Waals surface area contributed by atoms with Gasteiger partial charge in [0.15, 0.2) is 11.7 Å². The first-order valence-corrected chi connectivity index (χ1v) is 12.4. The van der Waals surface area contributed by atoms with Crippen LogP contribution in [0, 0.1) is 11.7 Å². The Hall–Kier alpha value is -3.01. The maximum atomic E-state index is 13.5. The Labute approximate surface area is 203 Å². The molecule has 1 aliphatic heterocycles. The van der Waals surface area contributed by atoms with Crippen molar-refractivity contribution in [3.63, 3.8) is 0 Å². The van der Waals surface area contributed by atoms with Gasteiger partial charge in [0.1, 0.15) is 17.4 Å². The molecule has 35 heavy (non-hydrogen) atoms. The summed E-state index contributed by atoms with van der Waals surface area (Å²) in [6.45, 7) is 3.55. The molecule has 9 nitrogen and oxygen atoms in total. The topological polar surface area (TPSA) is 111 Å². The first-order chi connectivity index (χ1) is 16.9. The summed E-state index contributed by atoms with van der Waals surface area (Å²) >= 11 is 0. The first kappa shape index (κ1) is 25.1. The van der Waals surface area contributed by atoms with Crippen LogP contribution in [0.4, 0.5) is 9.18 Å². The number of morpholine rings is 1. The van der Waals surface area contributed by atoms with Gasteiger partial charge in [0, 0.05) is 19.2 Å². The Kier molecular flexibility index (Phi) is 8.33. The van der Waals surface area contributed by atoms with Crippen molar-refractivity contribution < 1.29 is 32.7 Å². The van der Waals surface area contributed by atoms with Crippen molar-refractivity contribution in [1.82, 2.24) is 15.2 Å². The fourth-order valence-electron chi connectivity index (χ4n) is 4.73. The molecule has 0 unspecified atom stereocenters. The van der Waals surface area contributed by atoms with Crippen LogP contribution in [0.3, 0.4) is 0 Å². The number of carbonyl (C=O) groups is 3. The smallest absolute Gasteiger partial charge is 0.408 e. The number of hydrogen-bond donors (Lipinski definition) is 1. The summed E-state index contributed by atoms with van der Waals surface area (Å²) in [5.74, 6) is -1.18. The SMILES string of the molecule is CC[C@H](NC(=O)O[C@@H](CC1CCCCC1)C(=O)N1CCOCC1)C(=O)c1nc2cc(F)ccc2o1. The summed E-state index contributed by atoms with van der Waals surface area (Å²) in [6, 6.07) is 2.82. The van der Waals surface area contributed by atoms with E-state index in [1.165, 1.54) is 24.6 Å². The molecule has 2 atom stereocenters. The maximum Gasteiger partial charge on any atom is 0.408 e. The molecule has 190 valence electrons. The third-order valence-corrected chi connectivity index (χ3v) is 6.70. The second-order valence-electron chi connectivity index (χ2n) is 9.17. The number of aromatic nitrogens is 1. The van der Waals surface area contributed by atoms with E-state index in [-0.39, 0.29) is 29.3 Å². The van der Waals surface area contributed by atoms with Gasteiger partial charge in [-0.25, -0.2) is 14.2 Å². The van der Waals surface area contributed by atoms with E-state index in [2.05, 4.69) is 10.3 Å². The zero-order valence-electron chi connectivity index (χ0n) is 20.0. The number of carbonyl (C=O) groups excluding carboxylic acids is 3. The molecule has 2 aromatic rings. The highest BCUT2D eigenvalue weighted by molar-refractivity contribution is 5.99. The van der Waals surface area contributed by atoms with Gasteiger partial charge in [-0.2, -0.15) is 0 Å². The van der Waals surface area contributed by atoms with E-state index >= 15 is 0 Å². The van der Waals surface area contributed by atoms with E-state index in [1.54, 1.807) is 11.8 Å². The standard InChI is InChI=1S/C25H32FN3O6/c1-2-18(22(30)23-27-19-15-17(26)8-9-20(19)34-23)28-25(32)35-21(14-16-6-4-3-5-7-16)24(31)29-10-12-33-13-11-29/h8-9,15-16,18,21H,2-7,10-14H2,1H3,(H,28,32)/t18-,21-/m0/s1. The molecule has 0 spiro atoms. The predicted molar refractivity (Wildman–Crippen MR) is 124 cm³/mol. The molecule has 1 N–H and O–H groups in total. The van der Waals surface area contributed by atoms with E-state index in [0.717, 1.165) is 25.7 Å². The Balaban J connectivity index is 1.42. The van der Waals surface area contributed by atoms with Gasteiger partial charge >= 0.3 is 6.09 Å². The molecule has 10 heteroatoms. The zero-order valence-corrected chi connectivity index (χ0v) is 20.0. The van der Waals surface area contributed by atoms with Crippen molar-refractivity contribution in [2.24, 2.45) is 5.92 Å². The van der Waals surface area contributed by atoms with Crippen LogP contribution >= 0.6 is 0 Å². The second kappa shape index (κ2) is 11.6. The van der Waals surface area contributed by atoms with Crippen LogP contribution < -0.4 is 5.32 Å². The monoisotopic (exact) mass is 489 g/mol. The Bertz CT molecular complexity index is 1040. The molecule has 4 rings (SSSR count). The normalized spacial score (nSPS) is 18.7. The van der Waals surface area contributed by atoms with Crippen LogP contribution in [-0.2, 0) is 14.3 Å². The number of ether oxygens (including phenoxy) is 2. The lowest BCUT2D eigenvalue weighted by Gasteiger charge is -2.32. The van der Waals surface area contributed by atoms with Gasteiger partial charge in [-0.3, -0.25) is 9.59 Å². The molecule has 2 fully saturated rings. The van der Waals surface area contributed by atoms with E-state index in [1.807, 2.05) is 0 Å². The van der Waals surface area contributed by atoms with Crippen LogP contribution in [0.5, 0.6) is 0 Å². The van der Waals surface area contributed by atoms with Gasteiger partial charge in [-0.1, -0.05) is 39.0 Å². The number of halogens is 1. The fraction of sp³-hybridized carbons (Fsp3) is 0.600. The minimum atomic E-state index is -0.964. The van der Waals surface area contributed by atoms with Gasteiger partial charge in [0.2, 0.25) is 5.78 Å². The summed E-state index contributed by atoms with van der Waals surface area (Å²) in [5.41, 5.74) is 0.491. The third-order valence-electron chi connectivity index (χ3n) is 6.70. The number of Topliss-reactive ketones (excluding diaryl/α,β-unsaturated/α-hetero) is 1. The number of benzene rings is 1. The molecule has 2 amide bonds. The molecule has 1 saturated heterocycles. The van der Waals surface area contributed by atoms with Crippen molar-refractivity contribution in [2.45, 2.75) is 64.0 Å². The van der Waals surface area contributed by atoms with Gasteiger partial charge < -0.3 is 24.1 Å². The average Bonchev–Trinajstić information content (AvgIpc) is 3.30. The van der Waals surface area contributed by atoms with Crippen molar-refractivity contribution in [3.8, 4) is 0 Å². The van der Waals surface area contributed by atoms with Crippen molar-refractivity contribution in [2.75, 3.05) is 26.3 Å². The Morgan fingerprint density at radius 1 is 1.20 bits per heavy atom. The van der Waals surface area contributed by atoms with Crippen molar-refractivity contribution >= 4 is 28.9 Å². The number of hydrogen-bond acceptors (Lipinski definition) is 7. The number of ketones is 1. The lowest BCUT2D eigenvalue weighted by atomic mass is 9.85. The highest BCUT2D eigenvalue weighted by Gasteiger charge is 2.33. The predicted octanol–water partition coefficient (Wildman–Crippen LogP) is 3.85. The molecule has 0 bridgehead atoms. The van der Waals surface area contributed by atoms with Crippen molar-refractivity contribution in [1.29, 1.82) is 0 Å². The zero-order chi connectivity index (χ0) is 24.8. The van der Waals surface area contributed by atoms with Crippen molar-refractivity contribution in [3.05, 3.63) is 29.9 Å². The van der Waals surface area contributed by atoms with Gasteiger partial charge in [0.25, 0.3) is 11.8 Å². The van der Waals surface area contributed by atoms with Gasteiger partial charge in [-0.15, -0.1) is 0 Å². The number of fused-ring (bicyclic) bond motifs is 1. The largest absolute Gasteiger partial charge is 0.436 e. The van der Waals surface area contributed by atoms with E-state index < -0.39 is 29.8 Å². The fourth-order valence-corrected chi connectivity index (χ4v) is 4.73. The molecule has 1 aliphatic carbocycles. The number of alkyl carbamates (subject to hydrolysis) is 1. The van der Waals surface area contributed by atoms with Gasteiger partial charge in [0.05, 0.1) is 13.2 Å². The molecule has 1 aromatic carbocycles.